The molecule has 1 aromatic carbocycles. The molecule has 0 spiro atoms. The molecule has 0 aromatic heterocycles. The maximum Gasteiger partial charge on any atom is 0.265 e. The molecule has 2 N–H and O–H groups in total. The molecule has 2 unspecified atom stereocenters. The van der Waals surface area contributed by atoms with Crippen molar-refractivity contribution in [3.05, 3.63) is 24.3 Å². The normalized spacial score (nSPS) is 23.2. The molecule has 1 fully saturated rings. The van der Waals surface area contributed by atoms with Crippen LogP contribution in [0.3, 0.4) is 0 Å². The van der Waals surface area contributed by atoms with Crippen molar-refractivity contribution in [3.8, 4) is 11.5 Å². The summed E-state index contributed by atoms with van der Waals surface area (Å²) in [6.07, 6.45) is 0.0618. The zero-order valence-corrected chi connectivity index (χ0v) is 14.8. The molecule has 0 aliphatic carbocycles. The molecule has 1 aromatic rings. The first kappa shape index (κ1) is 18.8. The average Bonchev–Trinajstić information content (AvgIpc) is 2.59. The van der Waals surface area contributed by atoms with E-state index in [-0.39, 0.29) is 24.4 Å². The standard InChI is InChI=1S/C17H25N3O3.ClH/c1-13-16(23-15-6-3-2-5-14(15)22-13)17(21)19-7-4-10-20-11-8-18-9-12-20;/h2-3,5-6,13,16,18H,4,7-12H2,1H3,(H,19,21);1H. The minimum atomic E-state index is -0.593. The minimum Gasteiger partial charge on any atom is -0.482 e. The van der Waals surface area contributed by atoms with Crippen molar-refractivity contribution in [2.75, 3.05) is 39.3 Å². The summed E-state index contributed by atoms with van der Waals surface area (Å²) in [7, 11) is 0. The number of rotatable bonds is 5. The smallest absolute Gasteiger partial charge is 0.265 e. The molecule has 1 amide bonds. The summed E-state index contributed by atoms with van der Waals surface area (Å²) in [5.74, 6) is 1.22. The highest BCUT2D eigenvalue weighted by Crippen LogP contribution is 2.33. The summed E-state index contributed by atoms with van der Waals surface area (Å²) < 4.78 is 11.6. The van der Waals surface area contributed by atoms with Crippen LogP contribution in [0.4, 0.5) is 0 Å². The number of carbonyl (C=O) groups is 1. The van der Waals surface area contributed by atoms with Crippen LogP contribution in [0.5, 0.6) is 11.5 Å². The summed E-state index contributed by atoms with van der Waals surface area (Å²) in [4.78, 5) is 14.7. The van der Waals surface area contributed by atoms with Gasteiger partial charge in [0.05, 0.1) is 0 Å². The molecule has 2 heterocycles. The Morgan fingerprint density at radius 3 is 2.62 bits per heavy atom. The van der Waals surface area contributed by atoms with Crippen molar-refractivity contribution < 1.29 is 14.3 Å². The van der Waals surface area contributed by atoms with E-state index in [9.17, 15) is 4.79 Å². The highest BCUT2D eigenvalue weighted by atomic mass is 35.5. The van der Waals surface area contributed by atoms with Gasteiger partial charge < -0.3 is 25.0 Å². The van der Waals surface area contributed by atoms with Crippen LogP contribution in [0.2, 0.25) is 0 Å². The van der Waals surface area contributed by atoms with Crippen LogP contribution in [-0.2, 0) is 4.79 Å². The van der Waals surface area contributed by atoms with Gasteiger partial charge in [0, 0.05) is 32.7 Å². The van der Waals surface area contributed by atoms with Crippen molar-refractivity contribution >= 4 is 18.3 Å². The van der Waals surface area contributed by atoms with E-state index in [0.29, 0.717) is 18.0 Å². The quantitative estimate of drug-likeness (QED) is 0.773. The van der Waals surface area contributed by atoms with Crippen LogP contribution in [0.25, 0.3) is 0 Å². The van der Waals surface area contributed by atoms with Crippen molar-refractivity contribution in [1.82, 2.24) is 15.5 Å². The van der Waals surface area contributed by atoms with Gasteiger partial charge in [0.2, 0.25) is 6.10 Å². The van der Waals surface area contributed by atoms with Gasteiger partial charge in [0.1, 0.15) is 6.10 Å². The van der Waals surface area contributed by atoms with Gasteiger partial charge in [-0.1, -0.05) is 12.1 Å². The monoisotopic (exact) mass is 355 g/mol. The fourth-order valence-electron chi connectivity index (χ4n) is 2.96. The van der Waals surface area contributed by atoms with Gasteiger partial charge in [-0.15, -0.1) is 12.4 Å². The van der Waals surface area contributed by atoms with Gasteiger partial charge in [-0.25, -0.2) is 0 Å². The number of hydrogen-bond donors (Lipinski definition) is 2. The molecule has 2 aliphatic heterocycles. The van der Waals surface area contributed by atoms with E-state index in [4.69, 9.17) is 9.47 Å². The topological polar surface area (TPSA) is 62.8 Å². The van der Waals surface area contributed by atoms with Crippen LogP contribution in [-0.4, -0.2) is 62.3 Å². The lowest BCUT2D eigenvalue weighted by atomic mass is 10.1. The van der Waals surface area contributed by atoms with Gasteiger partial charge >= 0.3 is 0 Å². The summed E-state index contributed by atoms with van der Waals surface area (Å²) >= 11 is 0. The fraction of sp³-hybridized carbons (Fsp3) is 0.588. The Bertz CT molecular complexity index is 538. The predicted octanol–water partition coefficient (Wildman–Crippen LogP) is 1.05. The lowest BCUT2D eigenvalue weighted by Crippen LogP contribution is -2.49. The van der Waals surface area contributed by atoms with Gasteiger partial charge in [-0.2, -0.15) is 0 Å². The minimum absolute atomic E-state index is 0. The largest absolute Gasteiger partial charge is 0.482 e. The SMILES string of the molecule is CC1Oc2ccccc2OC1C(=O)NCCCN1CCNCC1.Cl. The second-order valence-electron chi connectivity index (χ2n) is 6.04. The average molecular weight is 356 g/mol. The van der Waals surface area contributed by atoms with Crippen molar-refractivity contribution in [2.45, 2.75) is 25.6 Å². The first-order chi connectivity index (χ1) is 11.2. The summed E-state index contributed by atoms with van der Waals surface area (Å²) in [5, 5.41) is 6.30. The first-order valence-corrected chi connectivity index (χ1v) is 8.37. The second kappa shape index (κ2) is 9.11. The van der Waals surface area contributed by atoms with Crippen molar-refractivity contribution in [2.24, 2.45) is 0 Å². The Labute approximate surface area is 149 Å². The summed E-state index contributed by atoms with van der Waals surface area (Å²) in [6, 6.07) is 7.45. The lowest BCUT2D eigenvalue weighted by Gasteiger charge is -2.31. The van der Waals surface area contributed by atoms with E-state index >= 15 is 0 Å². The maximum absolute atomic E-state index is 12.3. The Balaban J connectivity index is 0.00000208. The number of benzene rings is 1. The molecule has 2 atom stereocenters. The van der Waals surface area contributed by atoms with Crippen LogP contribution < -0.4 is 20.1 Å². The molecular formula is C17H26ClN3O3. The van der Waals surface area contributed by atoms with E-state index in [1.165, 1.54) is 0 Å². The molecule has 1 saturated heterocycles. The van der Waals surface area contributed by atoms with Crippen LogP contribution in [0, 0.1) is 0 Å². The summed E-state index contributed by atoms with van der Waals surface area (Å²) in [6.45, 7) is 7.82. The molecular weight excluding hydrogens is 330 g/mol. The number of carbonyl (C=O) groups excluding carboxylic acids is 1. The molecule has 6 nitrogen and oxygen atoms in total. The molecule has 0 radical (unpaired) electrons. The second-order valence-corrected chi connectivity index (χ2v) is 6.04. The van der Waals surface area contributed by atoms with Crippen LogP contribution in [0.15, 0.2) is 24.3 Å². The van der Waals surface area contributed by atoms with Crippen LogP contribution >= 0.6 is 12.4 Å². The Hall–Kier alpha value is -1.50. The van der Waals surface area contributed by atoms with E-state index in [1.807, 2.05) is 31.2 Å². The van der Waals surface area contributed by atoms with Gasteiger partial charge in [-0.05, 0) is 32.0 Å². The Morgan fingerprint density at radius 2 is 1.92 bits per heavy atom. The molecule has 3 rings (SSSR count). The zero-order chi connectivity index (χ0) is 16.1. The summed E-state index contributed by atoms with van der Waals surface area (Å²) in [5.41, 5.74) is 0. The fourth-order valence-corrected chi connectivity index (χ4v) is 2.96. The van der Waals surface area contributed by atoms with Gasteiger partial charge in [0.15, 0.2) is 11.5 Å². The van der Waals surface area contributed by atoms with E-state index in [2.05, 4.69) is 15.5 Å². The maximum atomic E-state index is 12.3. The highest BCUT2D eigenvalue weighted by molar-refractivity contribution is 5.85. The number of piperazine rings is 1. The molecule has 0 saturated carbocycles. The Morgan fingerprint density at radius 1 is 1.25 bits per heavy atom. The molecule has 7 heteroatoms. The van der Waals surface area contributed by atoms with Crippen molar-refractivity contribution in [3.63, 3.8) is 0 Å². The third-order valence-electron chi connectivity index (χ3n) is 4.26. The van der Waals surface area contributed by atoms with Crippen LogP contribution in [0.1, 0.15) is 13.3 Å². The molecule has 24 heavy (non-hydrogen) atoms. The first-order valence-electron chi connectivity index (χ1n) is 8.37. The number of fused-ring (bicyclic) bond motifs is 1. The lowest BCUT2D eigenvalue weighted by molar-refractivity contribution is -0.133. The molecule has 0 bridgehead atoms. The number of amides is 1. The number of hydrogen-bond acceptors (Lipinski definition) is 5. The number of nitrogens with one attached hydrogen (secondary N) is 2. The third kappa shape index (κ3) is 4.75. The van der Waals surface area contributed by atoms with Crippen molar-refractivity contribution in [1.29, 1.82) is 0 Å². The van der Waals surface area contributed by atoms with E-state index in [0.717, 1.165) is 39.1 Å². The zero-order valence-electron chi connectivity index (χ0n) is 14.0. The number of ether oxygens (including phenoxy) is 2. The number of para-hydroxylation sites is 2. The third-order valence-corrected chi connectivity index (χ3v) is 4.26. The van der Waals surface area contributed by atoms with Gasteiger partial charge in [0.25, 0.3) is 5.91 Å². The number of nitrogens with zero attached hydrogens (tertiary/aromatic N) is 1. The van der Waals surface area contributed by atoms with Gasteiger partial charge in [-0.3, -0.25) is 4.79 Å². The predicted molar refractivity (Wildman–Crippen MR) is 95.1 cm³/mol. The Kier molecular flexibility index (Phi) is 7.15. The number of halogens is 1. The van der Waals surface area contributed by atoms with E-state index in [1.54, 1.807) is 0 Å². The van der Waals surface area contributed by atoms with E-state index < -0.39 is 6.10 Å². The molecule has 2 aliphatic rings. The highest BCUT2D eigenvalue weighted by Gasteiger charge is 2.33. The molecule has 134 valence electrons.